The lowest BCUT2D eigenvalue weighted by atomic mass is 10.0. The Morgan fingerprint density at radius 3 is 2.80 bits per heavy atom. The fourth-order valence-corrected chi connectivity index (χ4v) is 3.42. The van der Waals surface area contributed by atoms with Gasteiger partial charge in [-0.25, -0.2) is 0 Å². The number of hydrogen-bond donors (Lipinski definition) is 1. The van der Waals surface area contributed by atoms with Gasteiger partial charge in [-0.05, 0) is 48.7 Å². The molecule has 30 heavy (non-hydrogen) atoms. The van der Waals surface area contributed by atoms with Crippen LogP contribution < -0.4 is 14.8 Å². The summed E-state index contributed by atoms with van der Waals surface area (Å²) in [4.78, 5) is 12.6. The highest BCUT2D eigenvalue weighted by Gasteiger charge is 2.22. The van der Waals surface area contributed by atoms with E-state index in [1.54, 1.807) is 18.2 Å². The van der Waals surface area contributed by atoms with Crippen molar-refractivity contribution in [2.75, 3.05) is 13.7 Å². The maximum Gasteiger partial charge on any atom is 0.244 e. The molecule has 2 heterocycles. The lowest BCUT2D eigenvalue weighted by Crippen LogP contribution is -2.31. The lowest BCUT2D eigenvalue weighted by Gasteiger charge is -2.20. The van der Waals surface area contributed by atoms with Crippen molar-refractivity contribution in [3.8, 4) is 11.5 Å². The number of amides is 1. The molecule has 3 rings (SSSR count). The monoisotopic (exact) mass is 428 g/mol. The van der Waals surface area contributed by atoms with Gasteiger partial charge >= 0.3 is 0 Å². The molecule has 1 N–H and O–H groups in total. The number of hydrogen-bond acceptors (Lipinski definition) is 5. The highest BCUT2D eigenvalue weighted by molar-refractivity contribution is 6.32. The van der Waals surface area contributed by atoms with E-state index in [1.807, 2.05) is 49.6 Å². The molecule has 0 saturated carbocycles. The van der Waals surface area contributed by atoms with Crippen molar-refractivity contribution in [1.29, 1.82) is 0 Å². The van der Waals surface area contributed by atoms with Crippen LogP contribution >= 0.6 is 11.6 Å². The summed E-state index contributed by atoms with van der Waals surface area (Å²) in [5.41, 5.74) is 1.47. The smallest absolute Gasteiger partial charge is 0.244 e. The van der Waals surface area contributed by atoms with E-state index in [0.717, 1.165) is 11.2 Å². The fourth-order valence-electron chi connectivity index (χ4n) is 3.12. The van der Waals surface area contributed by atoms with E-state index in [0.29, 0.717) is 29.0 Å². The number of nitrogens with zero attached hydrogens (tertiary/aromatic N) is 3. The van der Waals surface area contributed by atoms with E-state index >= 15 is 0 Å². The number of halogens is 1. The first kappa shape index (κ1) is 21.6. The molecule has 0 aliphatic rings. The first-order valence-electron chi connectivity index (χ1n) is 9.73. The number of benzene rings is 1. The van der Waals surface area contributed by atoms with Crippen LogP contribution in [0, 0.1) is 5.92 Å². The van der Waals surface area contributed by atoms with Crippen molar-refractivity contribution < 1.29 is 14.3 Å². The van der Waals surface area contributed by atoms with E-state index in [1.165, 1.54) is 13.2 Å². The second kappa shape index (κ2) is 9.63. The van der Waals surface area contributed by atoms with Crippen LogP contribution in [0.2, 0.25) is 5.02 Å². The summed E-state index contributed by atoms with van der Waals surface area (Å²) in [5, 5.41) is 11.9. The maximum absolute atomic E-state index is 12.6. The molecule has 1 atom stereocenters. The molecule has 1 amide bonds. The topological polar surface area (TPSA) is 77.8 Å². The number of ether oxygens (including phenoxy) is 2. The second-order valence-electron chi connectivity index (χ2n) is 7.02. The van der Waals surface area contributed by atoms with Crippen molar-refractivity contribution in [1.82, 2.24) is 19.9 Å². The Hall–Kier alpha value is -3.06. The molecular formula is C22H25ClN4O3. The Morgan fingerprint density at radius 2 is 2.10 bits per heavy atom. The van der Waals surface area contributed by atoms with Crippen LogP contribution in [0.5, 0.6) is 11.5 Å². The largest absolute Gasteiger partial charge is 0.491 e. The Bertz CT molecular complexity index is 1060. The minimum Gasteiger partial charge on any atom is -0.491 e. The number of fused-ring (bicyclic) bond motifs is 1. The molecule has 0 bridgehead atoms. The van der Waals surface area contributed by atoms with Crippen molar-refractivity contribution in [3.63, 3.8) is 0 Å². The molecule has 0 spiro atoms. The Balaban J connectivity index is 1.80. The van der Waals surface area contributed by atoms with E-state index in [-0.39, 0.29) is 17.9 Å². The van der Waals surface area contributed by atoms with Gasteiger partial charge in [0.15, 0.2) is 23.0 Å². The van der Waals surface area contributed by atoms with Crippen LogP contribution in [-0.4, -0.2) is 34.2 Å². The fraction of sp³-hybridized carbons (Fsp3) is 0.318. The average molecular weight is 429 g/mol. The molecule has 8 heteroatoms. The second-order valence-corrected chi connectivity index (χ2v) is 7.42. The third-order valence-electron chi connectivity index (χ3n) is 4.55. The van der Waals surface area contributed by atoms with Crippen molar-refractivity contribution in [2.45, 2.75) is 26.8 Å². The minimum absolute atomic E-state index is 0.120. The van der Waals surface area contributed by atoms with Crippen LogP contribution in [0.1, 0.15) is 38.2 Å². The number of aromatic nitrogens is 3. The zero-order valence-electron chi connectivity index (χ0n) is 17.4. The summed E-state index contributed by atoms with van der Waals surface area (Å²) >= 11 is 6.28. The number of nitrogens with one attached hydrogen (secondary N) is 1. The minimum atomic E-state index is -0.294. The van der Waals surface area contributed by atoms with Crippen molar-refractivity contribution in [3.05, 3.63) is 59.0 Å². The van der Waals surface area contributed by atoms with Crippen LogP contribution in [0.25, 0.3) is 11.7 Å². The van der Waals surface area contributed by atoms with Crippen LogP contribution in [0.15, 0.2) is 42.6 Å². The average Bonchev–Trinajstić information content (AvgIpc) is 3.14. The van der Waals surface area contributed by atoms with E-state index in [9.17, 15) is 4.79 Å². The summed E-state index contributed by atoms with van der Waals surface area (Å²) < 4.78 is 12.8. The summed E-state index contributed by atoms with van der Waals surface area (Å²) in [6, 6.07) is 8.89. The van der Waals surface area contributed by atoms with Gasteiger partial charge in [-0.1, -0.05) is 31.5 Å². The summed E-state index contributed by atoms with van der Waals surface area (Å²) in [6.45, 7) is 6.40. The Kier molecular flexibility index (Phi) is 6.95. The van der Waals surface area contributed by atoms with E-state index in [2.05, 4.69) is 15.5 Å². The predicted octanol–water partition coefficient (Wildman–Crippen LogP) is 4.32. The van der Waals surface area contributed by atoms with Gasteiger partial charge in [-0.2, -0.15) is 0 Å². The number of rotatable bonds is 8. The van der Waals surface area contributed by atoms with Gasteiger partial charge in [0.05, 0.1) is 24.8 Å². The number of methoxy groups -OCH3 is 1. The molecule has 7 nitrogen and oxygen atoms in total. The van der Waals surface area contributed by atoms with Crippen LogP contribution in [-0.2, 0) is 4.79 Å². The third kappa shape index (κ3) is 4.74. The molecule has 0 aliphatic heterocycles. The van der Waals surface area contributed by atoms with Crippen LogP contribution in [0.3, 0.4) is 0 Å². The highest BCUT2D eigenvalue weighted by atomic mass is 35.5. The van der Waals surface area contributed by atoms with Gasteiger partial charge < -0.3 is 14.8 Å². The standard InChI is InChI=1S/C22H25ClN4O3/c1-5-30-17-13-15(12-16(23)21(17)29-4)9-10-19(28)24-20(14(2)3)22-26-25-18-8-6-7-11-27(18)22/h6-14,20H,5H2,1-4H3,(H,24,28)/b10-9+. The maximum atomic E-state index is 12.6. The van der Waals surface area contributed by atoms with Gasteiger partial charge in [0.25, 0.3) is 0 Å². The summed E-state index contributed by atoms with van der Waals surface area (Å²) in [6.07, 6.45) is 5.03. The molecule has 0 aliphatic carbocycles. The van der Waals surface area contributed by atoms with Crippen molar-refractivity contribution in [2.24, 2.45) is 5.92 Å². The van der Waals surface area contributed by atoms with E-state index in [4.69, 9.17) is 21.1 Å². The normalized spacial score (nSPS) is 12.5. The zero-order valence-corrected chi connectivity index (χ0v) is 18.2. The molecule has 1 aromatic carbocycles. The number of pyridine rings is 1. The molecule has 0 radical (unpaired) electrons. The molecule has 3 aromatic rings. The molecule has 2 aromatic heterocycles. The zero-order chi connectivity index (χ0) is 21.7. The first-order chi connectivity index (χ1) is 14.4. The lowest BCUT2D eigenvalue weighted by molar-refractivity contribution is -0.117. The molecule has 0 saturated heterocycles. The SMILES string of the molecule is CCOc1cc(/C=C/C(=O)NC(c2nnc3ccccn23)C(C)C)cc(Cl)c1OC. The third-order valence-corrected chi connectivity index (χ3v) is 4.83. The Labute approximate surface area is 180 Å². The Morgan fingerprint density at radius 1 is 1.30 bits per heavy atom. The van der Waals surface area contributed by atoms with Crippen LogP contribution in [0.4, 0.5) is 0 Å². The summed E-state index contributed by atoms with van der Waals surface area (Å²) in [7, 11) is 1.53. The molecule has 0 fully saturated rings. The molecular weight excluding hydrogens is 404 g/mol. The quantitative estimate of drug-likeness (QED) is 0.541. The van der Waals surface area contributed by atoms with Gasteiger partial charge in [0.2, 0.25) is 5.91 Å². The first-order valence-corrected chi connectivity index (χ1v) is 10.1. The highest BCUT2D eigenvalue weighted by Crippen LogP contribution is 2.36. The molecule has 1 unspecified atom stereocenters. The predicted molar refractivity (Wildman–Crippen MR) is 117 cm³/mol. The van der Waals surface area contributed by atoms with Gasteiger partial charge in [0, 0.05) is 12.3 Å². The van der Waals surface area contributed by atoms with Gasteiger partial charge in [-0.15, -0.1) is 10.2 Å². The van der Waals surface area contributed by atoms with Gasteiger partial charge in [0.1, 0.15) is 0 Å². The van der Waals surface area contributed by atoms with Gasteiger partial charge in [-0.3, -0.25) is 9.20 Å². The number of carbonyl (C=O) groups excluding carboxylic acids is 1. The number of carbonyl (C=O) groups is 1. The molecule has 158 valence electrons. The summed E-state index contributed by atoms with van der Waals surface area (Å²) in [5.74, 6) is 1.57. The van der Waals surface area contributed by atoms with Crippen molar-refractivity contribution >= 4 is 29.2 Å². The van der Waals surface area contributed by atoms with E-state index < -0.39 is 0 Å².